The Kier molecular flexibility index (Phi) is 5.17. The van der Waals surface area contributed by atoms with Crippen molar-refractivity contribution in [2.75, 3.05) is 27.3 Å². The first-order valence-electron chi connectivity index (χ1n) is 4.88. The van der Waals surface area contributed by atoms with E-state index in [4.69, 9.17) is 4.74 Å². The molecule has 0 bridgehead atoms. The van der Waals surface area contributed by atoms with E-state index in [0.717, 1.165) is 17.2 Å². The van der Waals surface area contributed by atoms with E-state index in [0.29, 0.717) is 13.2 Å². The van der Waals surface area contributed by atoms with E-state index in [-0.39, 0.29) is 0 Å². The van der Waals surface area contributed by atoms with Crippen LogP contribution in [0.25, 0.3) is 0 Å². The topological polar surface area (TPSA) is 45.6 Å². The summed E-state index contributed by atoms with van der Waals surface area (Å²) in [5.74, 6) is 0. The summed E-state index contributed by atoms with van der Waals surface area (Å²) in [6, 6.07) is 0. The molecule has 0 aliphatic rings. The molecule has 0 aliphatic carbocycles. The van der Waals surface area contributed by atoms with Gasteiger partial charge in [-0.3, -0.25) is 4.90 Å². The average Bonchev–Trinajstić information content (AvgIpc) is 2.51. The van der Waals surface area contributed by atoms with Crippen molar-refractivity contribution in [1.29, 1.82) is 0 Å². The third kappa shape index (κ3) is 4.70. The fourth-order valence-electron chi connectivity index (χ4n) is 1.43. The number of nitrogens with zero attached hydrogens (tertiary/aromatic N) is 2. The van der Waals surface area contributed by atoms with Gasteiger partial charge in [0.2, 0.25) is 0 Å². The second-order valence-electron chi connectivity index (χ2n) is 3.66. The Morgan fingerprint density at radius 3 is 2.93 bits per heavy atom. The number of thiazole rings is 1. The Labute approximate surface area is 94.5 Å². The number of aliphatic hydroxyl groups excluding tert-OH is 1. The molecule has 0 radical (unpaired) electrons. The molecule has 1 aromatic rings. The molecule has 0 spiro atoms. The van der Waals surface area contributed by atoms with Crippen LogP contribution in [-0.2, 0) is 11.3 Å². The van der Waals surface area contributed by atoms with E-state index in [1.54, 1.807) is 18.4 Å². The van der Waals surface area contributed by atoms with E-state index in [1.807, 2.05) is 18.9 Å². The highest BCUT2D eigenvalue weighted by Crippen LogP contribution is 2.09. The molecule has 1 unspecified atom stereocenters. The van der Waals surface area contributed by atoms with E-state index in [2.05, 4.69) is 10.4 Å². The second-order valence-corrected chi connectivity index (χ2v) is 4.73. The van der Waals surface area contributed by atoms with Crippen molar-refractivity contribution in [3.8, 4) is 0 Å². The van der Waals surface area contributed by atoms with Crippen molar-refractivity contribution in [3.05, 3.63) is 16.1 Å². The molecule has 0 aromatic carbocycles. The number of aliphatic hydroxyl groups is 1. The molecule has 0 aliphatic heterocycles. The third-order valence-corrected chi connectivity index (χ3v) is 2.80. The number of ether oxygens (including phenoxy) is 1. The van der Waals surface area contributed by atoms with Gasteiger partial charge in [-0.15, -0.1) is 11.3 Å². The maximum atomic E-state index is 9.52. The Balaban J connectivity index is 2.32. The van der Waals surface area contributed by atoms with Crippen LogP contribution in [0.3, 0.4) is 0 Å². The van der Waals surface area contributed by atoms with Crippen LogP contribution >= 0.6 is 11.3 Å². The van der Waals surface area contributed by atoms with Gasteiger partial charge in [0.25, 0.3) is 0 Å². The molecule has 0 amide bonds. The Hall–Kier alpha value is -0.490. The molecule has 1 aromatic heterocycles. The van der Waals surface area contributed by atoms with Crippen LogP contribution in [0.4, 0.5) is 0 Å². The lowest BCUT2D eigenvalue weighted by Crippen LogP contribution is -2.31. The SMILES string of the molecule is COCC(O)CN(C)Cc1csc(C)n1. The van der Waals surface area contributed by atoms with E-state index in [1.165, 1.54) is 0 Å². The van der Waals surface area contributed by atoms with Gasteiger partial charge < -0.3 is 9.84 Å². The van der Waals surface area contributed by atoms with Crippen LogP contribution < -0.4 is 0 Å². The predicted octanol–water partition coefficient (Wildman–Crippen LogP) is 0.891. The largest absolute Gasteiger partial charge is 0.389 e. The predicted molar refractivity (Wildman–Crippen MR) is 61.1 cm³/mol. The highest BCUT2D eigenvalue weighted by atomic mass is 32.1. The van der Waals surface area contributed by atoms with Crippen LogP contribution in [0.5, 0.6) is 0 Å². The highest BCUT2D eigenvalue weighted by molar-refractivity contribution is 7.09. The molecule has 0 saturated carbocycles. The first-order chi connectivity index (χ1) is 7.11. The summed E-state index contributed by atoms with van der Waals surface area (Å²) in [5.41, 5.74) is 1.06. The Morgan fingerprint density at radius 1 is 1.67 bits per heavy atom. The van der Waals surface area contributed by atoms with Crippen LogP contribution in [-0.4, -0.2) is 48.4 Å². The van der Waals surface area contributed by atoms with Gasteiger partial charge in [-0.05, 0) is 14.0 Å². The molecule has 1 N–H and O–H groups in total. The number of rotatable bonds is 6. The van der Waals surface area contributed by atoms with E-state index in [9.17, 15) is 5.11 Å². The third-order valence-electron chi connectivity index (χ3n) is 1.98. The molecule has 1 atom stereocenters. The summed E-state index contributed by atoms with van der Waals surface area (Å²) < 4.78 is 4.87. The Bertz CT molecular complexity index is 291. The van der Waals surface area contributed by atoms with Crippen molar-refractivity contribution < 1.29 is 9.84 Å². The smallest absolute Gasteiger partial charge is 0.0900 e. The van der Waals surface area contributed by atoms with Crippen molar-refractivity contribution in [2.45, 2.75) is 19.6 Å². The van der Waals surface area contributed by atoms with Crippen LogP contribution in [0, 0.1) is 6.92 Å². The van der Waals surface area contributed by atoms with E-state index < -0.39 is 6.10 Å². The number of hydrogen-bond donors (Lipinski definition) is 1. The van der Waals surface area contributed by atoms with Gasteiger partial charge in [0, 0.05) is 25.6 Å². The summed E-state index contributed by atoms with van der Waals surface area (Å²) in [6.45, 7) is 3.74. The monoisotopic (exact) mass is 230 g/mol. The minimum atomic E-state index is -0.431. The molecule has 15 heavy (non-hydrogen) atoms. The van der Waals surface area contributed by atoms with Crippen LogP contribution in [0.2, 0.25) is 0 Å². The van der Waals surface area contributed by atoms with Crippen molar-refractivity contribution in [2.24, 2.45) is 0 Å². The molecular formula is C10H18N2O2S. The minimum absolute atomic E-state index is 0.375. The van der Waals surface area contributed by atoms with Gasteiger partial charge in [-0.2, -0.15) is 0 Å². The van der Waals surface area contributed by atoms with Gasteiger partial charge >= 0.3 is 0 Å². The fraction of sp³-hybridized carbons (Fsp3) is 0.700. The van der Waals surface area contributed by atoms with Crippen LogP contribution in [0.15, 0.2) is 5.38 Å². The molecule has 86 valence electrons. The molecule has 0 saturated heterocycles. The summed E-state index contributed by atoms with van der Waals surface area (Å²) in [5, 5.41) is 12.6. The molecular weight excluding hydrogens is 212 g/mol. The first-order valence-corrected chi connectivity index (χ1v) is 5.76. The Morgan fingerprint density at radius 2 is 2.40 bits per heavy atom. The highest BCUT2D eigenvalue weighted by Gasteiger charge is 2.09. The zero-order chi connectivity index (χ0) is 11.3. The lowest BCUT2D eigenvalue weighted by atomic mass is 10.3. The molecule has 1 rings (SSSR count). The van der Waals surface area contributed by atoms with Crippen molar-refractivity contribution >= 4 is 11.3 Å². The van der Waals surface area contributed by atoms with Crippen molar-refractivity contribution in [1.82, 2.24) is 9.88 Å². The zero-order valence-corrected chi connectivity index (χ0v) is 10.3. The first kappa shape index (κ1) is 12.6. The molecule has 1 heterocycles. The average molecular weight is 230 g/mol. The van der Waals surface area contributed by atoms with Gasteiger partial charge in [-0.1, -0.05) is 0 Å². The van der Waals surface area contributed by atoms with Gasteiger partial charge in [0.15, 0.2) is 0 Å². The van der Waals surface area contributed by atoms with Crippen LogP contribution in [0.1, 0.15) is 10.7 Å². The molecule has 4 nitrogen and oxygen atoms in total. The number of likely N-dealkylation sites (N-methyl/N-ethyl adjacent to an activating group) is 1. The quantitative estimate of drug-likeness (QED) is 0.788. The summed E-state index contributed by atoms with van der Waals surface area (Å²) in [4.78, 5) is 6.41. The van der Waals surface area contributed by atoms with Gasteiger partial charge in [0.05, 0.1) is 23.4 Å². The zero-order valence-electron chi connectivity index (χ0n) is 9.43. The lowest BCUT2D eigenvalue weighted by molar-refractivity contribution is 0.0417. The standard InChI is InChI=1S/C10H18N2O2S/c1-8-11-9(7-15-8)4-12(2)5-10(13)6-14-3/h7,10,13H,4-6H2,1-3H3. The van der Waals surface area contributed by atoms with Crippen molar-refractivity contribution in [3.63, 3.8) is 0 Å². The molecule has 5 heteroatoms. The summed E-state index contributed by atoms with van der Waals surface area (Å²) >= 11 is 1.65. The summed E-state index contributed by atoms with van der Waals surface area (Å²) in [7, 11) is 3.56. The minimum Gasteiger partial charge on any atom is -0.389 e. The maximum absolute atomic E-state index is 9.52. The fourth-order valence-corrected chi connectivity index (χ4v) is 2.03. The number of aromatic nitrogens is 1. The summed E-state index contributed by atoms with van der Waals surface area (Å²) in [6.07, 6.45) is -0.431. The van der Waals surface area contributed by atoms with Gasteiger partial charge in [-0.25, -0.2) is 4.98 Å². The number of hydrogen-bond acceptors (Lipinski definition) is 5. The van der Waals surface area contributed by atoms with Gasteiger partial charge in [0.1, 0.15) is 0 Å². The molecule has 0 fully saturated rings. The normalized spacial score (nSPS) is 13.4. The number of methoxy groups -OCH3 is 1. The second kappa shape index (κ2) is 6.17. The van der Waals surface area contributed by atoms with E-state index >= 15 is 0 Å². The number of aryl methyl sites for hydroxylation is 1. The lowest BCUT2D eigenvalue weighted by Gasteiger charge is -2.18. The maximum Gasteiger partial charge on any atom is 0.0900 e.